The summed E-state index contributed by atoms with van der Waals surface area (Å²) < 4.78 is 9.65. The number of benzene rings is 1. The van der Waals surface area contributed by atoms with Gasteiger partial charge in [0.05, 0.1) is 12.1 Å². The summed E-state index contributed by atoms with van der Waals surface area (Å²) >= 11 is 3.10. The van der Waals surface area contributed by atoms with Gasteiger partial charge in [-0.3, -0.25) is 0 Å². The predicted octanol–water partition coefficient (Wildman–Crippen LogP) is 3.56. The van der Waals surface area contributed by atoms with Crippen molar-refractivity contribution in [2.75, 3.05) is 19.0 Å². The van der Waals surface area contributed by atoms with Crippen molar-refractivity contribution < 1.29 is 4.74 Å². The number of nitrogens with one attached hydrogen (secondary N) is 1. The van der Waals surface area contributed by atoms with Crippen LogP contribution in [-0.4, -0.2) is 28.0 Å². The zero-order chi connectivity index (χ0) is 16.1. The first-order valence-corrected chi connectivity index (χ1v) is 8.98. The number of hydrogen-bond donors (Lipinski definition) is 1. The topological polar surface area (TPSA) is 59.9 Å². The van der Waals surface area contributed by atoms with Crippen LogP contribution in [0, 0.1) is 6.92 Å². The Morgan fingerprint density at radius 3 is 2.96 bits per heavy atom. The van der Waals surface area contributed by atoms with Crippen molar-refractivity contribution in [2.24, 2.45) is 0 Å². The first-order chi connectivity index (χ1) is 11.2. The van der Waals surface area contributed by atoms with Crippen molar-refractivity contribution in [3.05, 3.63) is 51.7 Å². The van der Waals surface area contributed by atoms with Crippen LogP contribution in [0.25, 0.3) is 0 Å². The quantitative estimate of drug-likeness (QED) is 0.709. The van der Waals surface area contributed by atoms with E-state index in [9.17, 15) is 0 Å². The average molecular weight is 346 g/mol. The van der Waals surface area contributed by atoms with Gasteiger partial charge in [0.25, 0.3) is 0 Å². The van der Waals surface area contributed by atoms with Gasteiger partial charge in [-0.2, -0.15) is 4.37 Å². The van der Waals surface area contributed by atoms with E-state index in [0.717, 1.165) is 45.9 Å². The van der Waals surface area contributed by atoms with E-state index in [2.05, 4.69) is 31.1 Å². The molecule has 0 aliphatic carbocycles. The molecule has 0 amide bonds. The maximum Gasteiger partial charge on any atom is 0.202 e. The average Bonchev–Trinajstić information content (AvgIpc) is 3.17. The minimum absolute atomic E-state index is 0.709. The van der Waals surface area contributed by atoms with Gasteiger partial charge in [0.15, 0.2) is 0 Å². The molecule has 0 aliphatic heterocycles. The maximum atomic E-state index is 5.24. The predicted molar refractivity (Wildman–Crippen MR) is 94.8 cm³/mol. The molecule has 0 aliphatic rings. The highest BCUT2D eigenvalue weighted by Gasteiger charge is 2.06. The Kier molecular flexibility index (Phi) is 5.19. The largest absolute Gasteiger partial charge is 0.497 e. The van der Waals surface area contributed by atoms with Crippen LogP contribution in [0.15, 0.2) is 29.6 Å². The highest BCUT2D eigenvalue weighted by Crippen LogP contribution is 2.18. The number of thiazole rings is 1. The van der Waals surface area contributed by atoms with Crippen LogP contribution in [0.5, 0.6) is 5.75 Å². The van der Waals surface area contributed by atoms with Gasteiger partial charge in [-0.05, 0) is 24.6 Å². The molecule has 2 aromatic heterocycles. The summed E-state index contributed by atoms with van der Waals surface area (Å²) in [5.74, 6) is 1.69. The van der Waals surface area contributed by atoms with Crippen LogP contribution >= 0.6 is 22.9 Å². The molecular formula is C16H18N4OS2. The molecule has 0 radical (unpaired) electrons. The fourth-order valence-corrected chi connectivity index (χ4v) is 3.54. The normalized spacial score (nSPS) is 10.7. The summed E-state index contributed by atoms with van der Waals surface area (Å²) in [6, 6.07) is 7.99. The van der Waals surface area contributed by atoms with Crippen molar-refractivity contribution >= 4 is 28.0 Å². The summed E-state index contributed by atoms with van der Waals surface area (Å²) in [5.41, 5.74) is 2.23. The molecule has 5 nitrogen and oxygen atoms in total. The smallest absolute Gasteiger partial charge is 0.202 e. The Bertz CT molecular complexity index is 769. The fourth-order valence-electron chi connectivity index (χ4n) is 2.16. The third-order valence-corrected chi connectivity index (χ3v) is 4.98. The van der Waals surface area contributed by atoms with Gasteiger partial charge in [-0.1, -0.05) is 12.1 Å². The minimum Gasteiger partial charge on any atom is -0.497 e. The Morgan fingerprint density at radius 2 is 2.17 bits per heavy atom. The third kappa shape index (κ3) is 4.49. The van der Waals surface area contributed by atoms with E-state index in [-0.39, 0.29) is 0 Å². The molecule has 3 aromatic rings. The molecule has 1 N–H and O–H groups in total. The lowest BCUT2D eigenvalue weighted by Crippen LogP contribution is -2.04. The Hall–Kier alpha value is -1.99. The molecule has 1 aromatic carbocycles. The molecule has 0 fully saturated rings. The van der Waals surface area contributed by atoms with Crippen molar-refractivity contribution in [3.8, 4) is 5.75 Å². The molecule has 0 spiro atoms. The van der Waals surface area contributed by atoms with E-state index in [1.807, 2.05) is 25.1 Å². The summed E-state index contributed by atoms with van der Waals surface area (Å²) in [4.78, 5) is 8.99. The molecule has 3 rings (SSSR count). The molecule has 7 heteroatoms. The van der Waals surface area contributed by atoms with Gasteiger partial charge < -0.3 is 10.1 Å². The monoisotopic (exact) mass is 346 g/mol. The number of rotatable bonds is 7. The first-order valence-electron chi connectivity index (χ1n) is 7.33. The zero-order valence-electron chi connectivity index (χ0n) is 13.1. The van der Waals surface area contributed by atoms with E-state index in [4.69, 9.17) is 4.74 Å². The van der Waals surface area contributed by atoms with Crippen molar-refractivity contribution in [3.63, 3.8) is 0 Å². The standard InChI is InChI=1S/C16H18N4OS2/c1-11-10-22-15(18-11)6-7-17-16-19-14(20-23-16)9-12-4-3-5-13(8-12)21-2/h3-5,8,10H,6-7,9H2,1-2H3,(H,17,19,20). The van der Waals surface area contributed by atoms with Crippen LogP contribution in [-0.2, 0) is 12.8 Å². The summed E-state index contributed by atoms with van der Waals surface area (Å²) in [6.45, 7) is 2.84. The Morgan fingerprint density at radius 1 is 1.26 bits per heavy atom. The van der Waals surface area contributed by atoms with E-state index in [1.165, 1.54) is 11.5 Å². The third-order valence-electron chi connectivity index (χ3n) is 3.25. The summed E-state index contributed by atoms with van der Waals surface area (Å²) in [7, 11) is 1.67. The molecule has 0 unspecified atom stereocenters. The number of hydrogen-bond acceptors (Lipinski definition) is 7. The van der Waals surface area contributed by atoms with Crippen LogP contribution < -0.4 is 10.1 Å². The lowest BCUT2D eigenvalue weighted by atomic mass is 10.1. The number of methoxy groups -OCH3 is 1. The van der Waals surface area contributed by atoms with Crippen LogP contribution in [0.4, 0.5) is 5.13 Å². The van der Waals surface area contributed by atoms with Crippen molar-refractivity contribution in [1.82, 2.24) is 14.3 Å². The molecule has 0 saturated heterocycles. The molecular weight excluding hydrogens is 328 g/mol. The molecule has 0 bridgehead atoms. The molecule has 0 atom stereocenters. The van der Waals surface area contributed by atoms with E-state index in [1.54, 1.807) is 18.4 Å². The number of ether oxygens (including phenoxy) is 1. The Balaban J connectivity index is 1.53. The van der Waals surface area contributed by atoms with Gasteiger partial charge in [-0.15, -0.1) is 11.3 Å². The van der Waals surface area contributed by atoms with Gasteiger partial charge in [0.1, 0.15) is 11.6 Å². The van der Waals surface area contributed by atoms with Crippen LogP contribution in [0.1, 0.15) is 22.1 Å². The SMILES string of the molecule is COc1cccc(Cc2nsc(NCCc3nc(C)cs3)n2)c1. The Labute approximate surface area is 143 Å². The van der Waals surface area contributed by atoms with Gasteiger partial charge in [-0.25, -0.2) is 9.97 Å². The highest BCUT2D eigenvalue weighted by molar-refractivity contribution is 7.10. The second-order valence-corrected chi connectivity index (χ2v) is 6.80. The molecule has 23 heavy (non-hydrogen) atoms. The van der Waals surface area contributed by atoms with Crippen molar-refractivity contribution in [1.29, 1.82) is 0 Å². The number of nitrogens with zero attached hydrogens (tertiary/aromatic N) is 3. The van der Waals surface area contributed by atoms with E-state index < -0.39 is 0 Å². The van der Waals surface area contributed by atoms with Crippen LogP contribution in [0.3, 0.4) is 0 Å². The van der Waals surface area contributed by atoms with Gasteiger partial charge in [0.2, 0.25) is 5.13 Å². The lowest BCUT2D eigenvalue weighted by Gasteiger charge is -2.02. The number of aromatic nitrogens is 3. The number of aryl methyl sites for hydroxylation is 1. The van der Waals surface area contributed by atoms with Crippen molar-refractivity contribution in [2.45, 2.75) is 19.8 Å². The van der Waals surface area contributed by atoms with E-state index >= 15 is 0 Å². The molecule has 2 heterocycles. The highest BCUT2D eigenvalue weighted by atomic mass is 32.1. The minimum atomic E-state index is 0.709. The lowest BCUT2D eigenvalue weighted by molar-refractivity contribution is 0.414. The molecule has 120 valence electrons. The summed E-state index contributed by atoms with van der Waals surface area (Å²) in [6.07, 6.45) is 1.62. The van der Waals surface area contributed by atoms with Gasteiger partial charge in [0, 0.05) is 42.0 Å². The molecule has 0 saturated carbocycles. The fraction of sp³-hybridized carbons (Fsp3) is 0.312. The van der Waals surface area contributed by atoms with E-state index in [0.29, 0.717) is 6.42 Å². The van der Waals surface area contributed by atoms with Gasteiger partial charge >= 0.3 is 0 Å². The second kappa shape index (κ2) is 7.52. The maximum absolute atomic E-state index is 5.24. The zero-order valence-corrected chi connectivity index (χ0v) is 14.7. The summed E-state index contributed by atoms with van der Waals surface area (Å²) in [5, 5.41) is 7.40. The van der Waals surface area contributed by atoms with Crippen LogP contribution in [0.2, 0.25) is 0 Å². The number of anilines is 1. The first kappa shape index (κ1) is 15.9. The second-order valence-electron chi connectivity index (χ2n) is 5.10.